The zero-order valence-corrected chi connectivity index (χ0v) is 13.6. The van der Waals surface area contributed by atoms with Crippen LogP contribution in [0.3, 0.4) is 0 Å². The van der Waals surface area contributed by atoms with Gasteiger partial charge in [0.15, 0.2) is 0 Å². The third-order valence-corrected chi connectivity index (χ3v) is 4.52. The topological polar surface area (TPSA) is 50.4 Å². The van der Waals surface area contributed by atoms with Crippen molar-refractivity contribution < 1.29 is 9.53 Å². The fourth-order valence-electron chi connectivity index (χ4n) is 2.31. The summed E-state index contributed by atoms with van der Waals surface area (Å²) >= 11 is 1.98. The lowest BCUT2D eigenvalue weighted by Gasteiger charge is -2.31. The van der Waals surface area contributed by atoms with Crippen LogP contribution >= 0.6 is 24.2 Å². The minimum atomic E-state index is 0. The normalized spacial score (nSPS) is 22.6. The van der Waals surface area contributed by atoms with E-state index in [4.69, 9.17) is 4.74 Å². The number of halogens is 1. The monoisotopic (exact) mass is 310 g/mol. The van der Waals surface area contributed by atoms with Crippen molar-refractivity contribution in [2.45, 2.75) is 43.9 Å². The maximum absolute atomic E-state index is 11.8. The first-order valence-electron chi connectivity index (χ1n) is 6.88. The molecule has 1 aliphatic rings. The summed E-state index contributed by atoms with van der Waals surface area (Å²) in [4.78, 5) is 11.8. The standard InChI is InChI=1S/C13H26N2O2S.ClH/c1-3-18-12-7-5-4-6-11(12)15-13(16)10-14-8-9-17-2;/h11-12,14H,3-10H2,1-2H3,(H,15,16);1H. The SMILES string of the molecule is CCSC1CCCCC1NC(=O)CNCCOC.Cl. The largest absolute Gasteiger partial charge is 0.383 e. The average Bonchev–Trinajstić information content (AvgIpc) is 2.37. The molecule has 0 aromatic rings. The lowest BCUT2D eigenvalue weighted by Crippen LogP contribution is -2.47. The van der Waals surface area contributed by atoms with E-state index in [1.807, 2.05) is 11.8 Å². The highest BCUT2D eigenvalue weighted by Gasteiger charge is 2.25. The van der Waals surface area contributed by atoms with Gasteiger partial charge in [-0.3, -0.25) is 4.79 Å². The predicted octanol–water partition coefficient (Wildman–Crippen LogP) is 1.82. The van der Waals surface area contributed by atoms with Crippen LogP contribution in [0.1, 0.15) is 32.6 Å². The molecule has 1 amide bonds. The number of amides is 1. The summed E-state index contributed by atoms with van der Waals surface area (Å²) in [6.07, 6.45) is 4.90. The molecule has 114 valence electrons. The molecule has 0 aliphatic heterocycles. The van der Waals surface area contributed by atoms with Crippen LogP contribution in [0.2, 0.25) is 0 Å². The fraction of sp³-hybridized carbons (Fsp3) is 0.923. The number of nitrogens with one attached hydrogen (secondary N) is 2. The summed E-state index contributed by atoms with van der Waals surface area (Å²) in [6, 6.07) is 0.362. The third kappa shape index (κ3) is 8.02. The van der Waals surface area contributed by atoms with Crippen molar-refractivity contribution >= 4 is 30.1 Å². The highest BCUT2D eigenvalue weighted by molar-refractivity contribution is 7.99. The van der Waals surface area contributed by atoms with Crippen LogP contribution in [0.15, 0.2) is 0 Å². The van der Waals surface area contributed by atoms with Crippen molar-refractivity contribution in [3.8, 4) is 0 Å². The number of hydrogen-bond acceptors (Lipinski definition) is 4. The van der Waals surface area contributed by atoms with Crippen molar-refractivity contribution in [1.82, 2.24) is 10.6 Å². The zero-order valence-electron chi connectivity index (χ0n) is 11.9. The van der Waals surface area contributed by atoms with Crippen LogP contribution in [0.5, 0.6) is 0 Å². The lowest BCUT2D eigenvalue weighted by atomic mass is 9.95. The Morgan fingerprint density at radius 1 is 1.37 bits per heavy atom. The molecular formula is C13H27ClN2O2S. The van der Waals surface area contributed by atoms with Gasteiger partial charge in [-0.1, -0.05) is 19.8 Å². The molecular weight excluding hydrogens is 284 g/mol. The Bertz CT molecular complexity index is 243. The number of rotatable bonds is 8. The van der Waals surface area contributed by atoms with Crippen molar-refractivity contribution in [2.24, 2.45) is 0 Å². The molecule has 2 unspecified atom stereocenters. The molecule has 4 nitrogen and oxygen atoms in total. The van der Waals surface area contributed by atoms with Gasteiger partial charge in [0.1, 0.15) is 0 Å². The van der Waals surface area contributed by atoms with E-state index in [1.165, 1.54) is 19.3 Å². The molecule has 1 aliphatic carbocycles. The van der Waals surface area contributed by atoms with Crippen LogP contribution in [-0.4, -0.2) is 49.8 Å². The summed E-state index contributed by atoms with van der Waals surface area (Å²) in [5, 5.41) is 6.85. The van der Waals surface area contributed by atoms with E-state index < -0.39 is 0 Å². The molecule has 2 N–H and O–H groups in total. The molecule has 0 heterocycles. The Morgan fingerprint density at radius 2 is 2.11 bits per heavy atom. The van der Waals surface area contributed by atoms with Crippen molar-refractivity contribution in [3.63, 3.8) is 0 Å². The summed E-state index contributed by atoms with van der Waals surface area (Å²) in [7, 11) is 1.66. The number of carbonyl (C=O) groups is 1. The quantitative estimate of drug-likeness (QED) is 0.672. The van der Waals surface area contributed by atoms with Crippen LogP contribution in [-0.2, 0) is 9.53 Å². The Kier molecular flexibility index (Phi) is 11.8. The van der Waals surface area contributed by atoms with Crippen molar-refractivity contribution in [3.05, 3.63) is 0 Å². The van der Waals surface area contributed by atoms with Crippen molar-refractivity contribution in [2.75, 3.05) is 32.6 Å². The van der Waals surface area contributed by atoms with Gasteiger partial charge in [0.25, 0.3) is 0 Å². The Balaban J connectivity index is 0.00000324. The van der Waals surface area contributed by atoms with Gasteiger partial charge in [0, 0.05) is 24.9 Å². The number of ether oxygens (including phenoxy) is 1. The average molecular weight is 311 g/mol. The van der Waals surface area contributed by atoms with E-state index in [0.29, 0.717) is 24.4 Å². The second-order valence-electron chi connectivity index (χ2n) is 4.62. The molecule has 19 heavy (non-hydrogen) atoms. The zero-order chi connectivity index (χ0) is 13.2. The van der Waals surface area contributed by atoms with Crippen LogP contribution < -0.4 is 10.6 Å². The smallest absolute Gasteiger partial charge is 0.234 e. The van der Waals surface area contributed by atoms with Gasteiger partial charge < -0.3 is 15.4 Å². The van der Waals surface area contributed by atoms with Crippen LogP contribution in [0.4, 0.5) is 0 Å². The van der Waals surface area contributed by atoms with Gasteiger partial charge in [-0.15, -0.1) is 12.4 Å². The van der Waals surface area contributed by atoms with Crippen molar-refractivity contribution in [1.29, 1.82) is 0 Å². The molecule has 0 saturated heterocycles. The van der Waals surface area contributed by atoms with Gasteiger partial charge in [0.2, 0.25) is 5.91 Å². The molecule has 0 bridgehead atoms. The number of methoxy groups -OCH3 is 1. The van der Waals surface area contributed by atoms with Gasteiger partial charge in [0.05, 0.1) is 13.2 Å². The predicted molar refractivity (Wildman–Crippen MR) is 84.3 cm³/mol. The first-order chi connectivity index (χ1) is 8.77. The van der Waals surface area contributed by atoms with E-state index in [9.17, 15) is 4.79 Å². The molecule has 6 heteroatoms. The van der Waals surface area contributed by atoms with E-state index in [2.05, 4.69) is 17.6 Å². The van der Waals surface area contributed by atoms with Gasteiger partial charge >= 0.3 is 0 Å². The lowest BCUT2D eigenvalue weighted by molar-refractivity contribution is -0.121. The number of carbonyl (C=O) groups excluding carboxylic acids is 1. The molecule has 0 radical (unpaired) electrons. The maximum atomic E-state index is 11.8. The molecule has 1 rings (SSSR count). The molecule has 2 atom stereocenters. The first-order valence-corrected chi connectivity index (χ1v) is 7.93. The van der Waals surface area contributed by atoms with E-state index >= 15 is 0 Å². The Hall–Kier alpha value is 0.0300. The van der Waals surface area contributed by atoms with E-state index in [1.54, 1.807) is 7.11 Å². The summed E-state index contributed by atoms with van der Waals surface area (Å²) < 4.78 is 4.93. The number of thioether (sulfide) groups is 1. The van der Waals surface area contributed by atoms with Crippen LogP contribution in [0, 0.1) is 0 Å². The van der Waals surface area contributed by atoms with Crippen LogP contribution in [0.25, 0.3) is 0 Å². The second kappa shape index (κ2) is 11.8. The molecule has 0 aromatic carbocycles. The van der Waals surface area contributed by atoms with E-state index in [-0.39, 0.29) is 18.3 Å². The first kappa shape index (κ1) is 19.0. The summed E-state index contributed by atoms with van der Waals surface area (Å²) in [5.41, 5.74) is 0. The molecule has 1 saturated carbocycles. The maximum Gasteiger partial charge on any atom is 0.234 e. The Morgan fingerprint density at radius 3 is 2.79 bits per heavy atom. The second-order valence-corrected chi connectivity index (χ2v) is 6.14. The molecule has 0 aromatic heterocycles. The molecule has 1 fully saturated rings. The Labute approximate surface area is 127 Å². The van der Waals surface area contributed by atoms with Gasteiger partial charge in [-0.25, -0.2) is 0 Å². The van der Waals surface area contributed by atoms with Gasteiger partial charge in [-0.05, 0) is 18.6 Å². The number of hydrogen-bond donors (Lipinski definition) is 2. The highest BCUT2D eigenvalue weighted by atomic mass is 35.5. The van der Waals surface area contributed by atoms with Gasteiger partial charge in [-0.2, -0.15) is 11.8 Å². The fourth-order valence-corrected chi connectivity index (χ4v) is 3.51. The third-order valence-electron chi connectivity index (χ3n) is 3.20. The summed E-state index contributed by atoms with van der Waals surface area (Å²) in [5.74, 6) is 1.24. The highest BCUT2D eigenvalue weighted by Crippen LogP contribution is 2.28. The van der Waals surface area contributed by atoms with E-state index in [0.717, 1.165) is 18.7 Å². The molecule has 0 spiro atoms. The summed E-state index contributed by atoms with van der Waals surface area (Å²) in [6.45, 7) is 3.95. The minimum absolute atomic E-state index is 0. The minimum Gasteiger partial charge on any atom is -0.383 e.